The van der Waals surface area contributed by atoms with Crippen molar-refractivity contribution in [1.29, 1.82) is 0 Å². The van der Waals surface area contributed by atoms with Crippen LogP contribution in [0.4, 0.5) is 0 Å². The molecule has 4 rings (SSSR count). The fraction of sp³-hybridized carbons (Fsp3) is 0.300. The highest BCUT2D eigenvalue weighted by atomic mass is 16.2. The number of aryl methyl sites for hydroxylation is 2. The van der Waals surface area contributed by atoms with Gasteiger partial charge in [0.25, 0.3) is 5.91 Å². The van der Waals surface area contributed by atoms with Crippen LogP contribution in [0.15, 0.2) is 36.7 Å². The number of nitrogens with zero attached hydrogens (tertiary/aromatic N) is 4. The minimum atomic E-state index is -0.474. The molecule has 2 aromatic heterocycles. The molecule has 1 atom stereocenters. The molecule has 1 fully saturated rings. The highest BCUT2D eigenvalue weighted by Crippen LogP contribution is 2.26. The Bertz CT molecular complexity index is 1060. The van der Waals surface area contributed by atoms with E-state index in [4.69, 9.17) is 4.98 Å². The number of nitrogens with one attached hydrogen (secondary N) is 1. The van der Waals surface area contributed by atoms with E-state index >= 15 is 0 Å². The third-order valence-electron chi connectivity index (χ3n) is 4.94. The number of aromatic nitrogens is 3. The van der Waals surface area contributed by atoms with Gasteiger partial charge in [-0.2, -0.15) is 5.10 Å². The zero-order valence-corrected chi connectivity index (χ0v) is 15.6. The number of likely N-dealkylation sites (tertiary alicyclic amines) is 1. The number of carbonyl (C=O) groups is 2. The van der Waals surface area contributed by atoms with E-state index in [-0.39, 0.29) is 11.8 Å². The van der Waals surface area contributed by atoms with Crippen LogP contribution in [-0.4, -0.2) is 51.1 Å². The van der Waals surface area contributed by atoms with Gasteiger partial charge in [-0.25, -0.2) is 4.98 Å². The molecule has 2 amide bonds. The molecule has 0 aliphatic carbocycles. The van der Waals surface area contributed by atoms with Crippen molar-refractivity contribution in [3.05, 3.63) is 47.8 Å². The van der Waals surface area contributed by atoms with E-state index in [0.29, 0.717) is 24.2 Å². The van der Waals surface area contributed by atoms with Crippen molar-refractivity contribution < 1.29 is 9.59 Å². The summed E-state index contributed by atoms with van der Waals surface area (Å²) in [6, 6.07) is 7.12. The van der Waals surface area contributed by atoms with Gasteiger partial charge in [0.15, 0.2) is 0 Å². The molecule has 138 valence electrons. The Labute approximate surface area is 157 Å². The molecule has 1 saturated heterocycles. The fourth-order valence-electron chi connectivity index (χ4n) is 3.42. The van der Waals surface area contributed by atoms with Crippen molar-refractivity contribution in [2.45, 2.75) is 19.4 Å². The number of benzene rings is 1. The van der Waals surface area contributed by atoms with Crippen LogP contribution in [0.2, 0.25) is 0 Å². The van der Waals surface area contributed by atoms with E-state index < -0.39 is 6.04 Å². The predicted octanol–water partition coefficient (Wildman–Crippen LogP) is 1.90. The highest BCUT2D eigenvalue weighted by molar-refractivity contribution is 6.08. The van der Waals surface area contributed by atoms with E-state index in [1.54, 1.807) is 28.9 Å². The van der Waals surface area contributed by atoms with Crippen molar-refractivity contribution >= 4 is 22.7 Å². The summed E-state index contributed by atoms with van der Waals surface area (Å²) in [6.45, 7) is 2.64. The fourth-order valence-corrected chi connectivity index (χ4v) is 3.42. The monoisotopic (exact) mass is 363 g/mol. The first-order valence-electron chi connectivity index (χ1n) is 8.88. The van der Waals surface area contributed by atoms with E-state index in [9.17, 15) is 9.59 Å². The Balaban J connectivity index is 1.78. The van der Waals surface area contributed by atoms with Gasteiger partial charge in [0.1, 0.15) is 6.04 Å². The number of fused-ring (bicyclic) bond motifs is 1. The number of hydrogen-bond donors (Lipinski definition) is 1. The van der Waals surface area contributed by atoms with Crippen molar-refractivity contribution in [2.24, 2.45) is 7.05 Å². The zero-order chi connectivity index (χ0) is 19.1. The minimum Gasteiger partial charge on any atom is -0.344 e. The van der Waals surface area contributed by atoms with Crippen LogP contribution >= 0.6 is 0 Å². The quantitative estimate of drug-likeness (QED) is 0.771. The Morgan fingerprint density at radius 2 is 2.07 bits per heavy atom. The van der Waals surface area contributed by atoms with Crippen molar-refractivity contribution in [3.8, 4) is 11.3 Å². The first kappa shape index (κ1) is 17.2. The summed E-state index contributed by atoms with van der Waals surface area (Å²) in [5.41, 5.74) is 3.85. The number of hydrogen-bond acceptors (Lipinski definition) is 4. The summed E-state index contributed by atoms with van der Waals surface area (Å²) in [5, 5.41) is 7.85. The summed E-state index contributed by atoms with van der Waals surface area (Å²) in [7, 11) is 3.59. The lowest BCUT2D eigenvalue weighted by atomic mass is 10.0. The van der Waals surface area contributed by atoms with Crippen LogP contribution < -0.4 is 5.32 Å². The second kappa shape index (κ2) is 6.50. The maximum Gasteiger partial charge on any atom is 0.252 e. The smallest absolute Gasteiger partial charge is 0.252 e. The van der Waals surface area contributed by atoms with Gasteiger partial charge in [0.2, 0.25) is 5.91 Å². The zero-order valence-electron chi connectivity index (χ0n) is 15.6. The van der Waals surface area contributed by atoms with Gasteiger partial charge in [-0.1, -0.05) is 12.1 Å². The van der Waals surface area contributed by atoms with E-state index in [0.717, 1.165) is 22.0 Å². The Kier molecular flexibility index (Phi) is 4.14. The van der Waals surface area contributed by atoms with Crippen LogP contribution in [0, 0.1) is 6.92 Å². The standard InChI is InChI=1S/C20H21N5O2/c1-12-4-5-14-15(19(26)23-16-6-7-24(2)20(16)27)9-17(22-18(14)8-12)13-10-21-25(3)11-13/h4-5,8-11,16H,6-7H2,1-3H3,(H,23,26). The summed E-state index contributed by atoms with van der Waals surface area (Å²) in [6.07, 6.45) is 4.21. The minimum absolute atomic E-state index is 0.0509. The molecular weight excluding hydrogens is 342 g/mol. The van der Waals surface area contributed by atoms with Gasteiger partial charge in [0.05, 0.1) is 23.0 Å². The van der Waals surface area contributed by atoms with Gasteiger partial charge in [-0.15, -0.1) is 0 Å². The molecule has 0 saturated carbocycles. The van der Waals surface area contributed by atoms with Crippen LogP contribution in [0.25, 0.3) is 22.2 Å². The van der Waals surface area contributed by atoms with Crippen molar-refractivity contribution in [1.82, 2.24) is 25.0 Å². The number of pyridine rings is 1. The number of likely N-dealkylation sites (N-methyl/N-ethyl adjacent to an activating group) is 1. The van der Waals surface area contributed by atoms with E-state index in [2.05, 4.69) is 10.4 Å². The molecule has 7 nitrogen and oxygen atoms in total. The molecule has 27 heavy (non-hydrogen) atoms. The third-order valence-corrected chi connectivity index (χ3v) is 4.94. The van der Waals surface area contributed by atoms with Crippen molar-refractivity contribution in [2.75, 3.05) is 13.6 Å². The number of carbonyl (C=O) groups excluding carboxylic acids is 2. The molecule has 1 aliphatic rings. The van der Waals surface area contributed by atoms with Gasteiger partial charge in [-0.05, 0) is 31.0 Å². The van der Waals surface area contributed by atoms with Crippen LogP contribution in [0.5, 0.6) is 0 Å². The van der Waals surface area contributed by atoms with Gasteiger partial charge in [-0.3, -0.25) is 14.3 Å². The maximum atomic E-state index is 13.0. The first-order valence-corrected chi connectivity index (χ1v) is 8.88. The average molecular weight is 363 g/mol. The Morgan fingerprint density at radius 3 is 2.74 bits per heavy atom. The van der Waals surface area contributed by atoms with Gasteiger partial charge in [0, 0.05) is 37.8 Å². The van der Waals surface area contributed by atoms with Crippen LogP contribution in [0.1, 0.15) is 22.3 Å². The van der Waals surface area contributed by atoms with E-state index in [1.807, 2.05) is 38.4 Å². The lowest BCUT2D eigenvalue weighted by molar-refractivity contribution is -0.128. The summed E-state index contributed by atoms with van der Waals surface area (Å²) < 4.78 is 1.70. The second-order valence-corrected chi connectivity index (χ2v) is 7.05. The summed E-state index contributed by atoms with van der Waals surface area (Å²) in [4.78, 5) is 31.5. The SMILES string of the molecule is Cc1ccc2c(C(=O)NC3CCN(C)C3=O)cc(-c3cnn(C)c3)nc2c1. The molecule has 1 aliphatic heterocycles. The molecule has 7 heteroatoms. The lowest BCUT2D eigenvalue weighted by Crippen LogP contribution is -2.40. The summed E-state index contributed by atoms with van der Waals surface area (Å²) >= 11 is 0. The van der Waals surface area contributed by atoms with Crippen LogP contribution in [0.3, 0.4) is 0 Å². The topological polar surface area (TPSA) is 80.1 Å². The molecule has 1 aromatic carbocycles. The highest BCUT2D eigenvalue weighted by Gasteiger charge is 2.31. The van der Waals surface area contributed by atoms with Crippen LogP contribution in [-0.2, 0) is 11.8 Å². The molecular formula is C20H21N5O2. The van der Waals surface area contributed by atoms with Gasteiger partial charge >= 0.3 is 0 Å². The molecule has 3 heterocycles. The van der Waals surface area contributed by atoms with E-state index in [1.165, 1.54) is 0 Å². The number of amides is 2. The lowest BCUT2D eigenvalue weighted by Gasteiger charge is -2.14. The largest absolute Gasteiger partial charge is 0.344 e. The normalized spacial score (nSPS) is 16.9. The molecule has 1 N–H and O–H groups in total. The average Bonchev–Trinajstić information content (AvgIpc) is 3.21. The first-order chi connectivity index (χ1) is 12.9. The molecule has 0 radical (unpaired) electrons. The molecule has 0 bridgehead atoms. The van der Waals surface area contributed by atoms with Crippen molar-refractivity contribution in [3.63, 3.8) is 0 Å². The Hall–Kier alpha value is -3.22. The Morgan fingerprint density at radius 1 is 1.26 bits per heavy atom. The predicted molar refractivity (Wildman–Crippen MR) is 102 cm³/mol. The number of rotatable bonds is 3. The van der Waals surface area contributed by atoms with Gasteiger partial charge < -0.3 is 10.2 Å². The second-order valence-electron chi connectivity index (χ2n) is 7.05. The molecule has 1 unspecified atom stereocenters. The molecule has 0 spiro atoms. The summed E-state index contributed by atoms with van der Waals surface area (Å²) in [5.74, 6) is -0.310. The molecule has 3 aromatic rings. The maximum absolute atomic E-state index is 13.0. The third kappa shape index (κ3) is 3.16.